The standard InChI is InChI=1S/C25H31N3O3/c1-2-3-4-5-6-15-31-21-13-11-19(12-14-21)23-17-27-24(28-23)20-9-7-18(8-10-20)16-22(26)25(29)30/h7-14,17,22H,2-6,15-16,26H2,1H3,(H,27,28)(H,29,30). The summed E-state index contributed by atoms with van der Waals surface area (Å²) in [5.74, 6) is 0.647. The van der Waals surface area contributed by atoms with Crippen LogP contribution in [0, 0.1) is 0 Å². The number of nitrogens with zero attached hydrogens (tertiary/aromatic N) is 1. The van der Waals surface area contributed by atoms with E-state index < -0.39 is 12.0 Å². The highest BCUT2D eigenvalue weighted by Crippen LogP contribution is 2.24. The molecule has 31 heavy (non-hydrogen) atoms. The van der Waals surface area contributed by atoms with Crippen LogP contribution in [0.5, 0.6) is 5.75 Å². The Balaban J connectivity index is 1.56. The van der Waals surface area contributed by atoms with Gasteiger partial charge in [-0.15, -0.1) is 0 Å². The lowest BCUT2D eigenvalue weighted by Crippen LogP contribution is -2.32. The van der Waals surface area contributed by atoms with Crippen molar-refractivity contribution in [2.75, 3.05) is 6.61 Å². The van der Waals surface area contributed by atoms with Crippen molar-refractivity contribution in [1.29, 1.82) is 0 Å². The second-order valence-electron chi connectivity index (χ2n) is 7.78. The summed E-state index contributed by atoms with van der Waals surface area (Å²) >= 11 is 0. The van der Waals surface area contributed by atoms with Crippen LogP contribution < -0.4 is 10.5 Å². The van der Waals surface area contributed by atoms with Gasteiger partial charge in [0, 0.05) is 5.56 Å². The molecule has 0 aliphatic carbocycles. The number of nitrogens with two attached hydrogens (primary N) is 1. The largest absolute Gasteiger partial charge is 0.494 e. The predicted molar refractivity (Wildman–Crippen MR) is 123 cm³/mol. The summed E-state index contributed by atoms with van der Waals surface area (Å²) in [6.45, 7) is 2.97. The molecule has 0 bridgehead atoms. The summed E-state index contributed by atoms with van der Waals surface area (Å²) in [7, 11) is 0. The third kappa shape index (κ3) is 6.69. The molecule has 0 fully saturated rings. The molecule has 0 spiro atoms. The first-order valence-electron chi connectivity index (χ1n) is 10.9. The number of aromatic amines is 1. The van der Waals surface area contributed by atoms with Crippen LogP contribution in [0.15, 0.2) is 54.7 Å². The first kappa shape index (κ1) is 22.6. The van der Waals surface area contributed by atoms with Gasteiger partial charge in [-0.05, 0) is 48.2 Å². The fourth-order valence-corrected chi connectivity index (χ4v) is 3.38. The molecule has 3 rings (SSSR count). The number of rotatable bonds is 12. The number of ether oxygens (including phenoxy) is 1. The van der Waals surface area contributed by atoms with Gasteiger partial charge in [0.05, 0.1) is 18.5 Å². The van der Waals surface area contributed by atoms with E-state index in [4.69, 9.17) is 15.6 Å². The number of aromatic nitrogens is 2. The zero-order valence-corrected chi connectivity index (χ0v) is 18.0. The smallest absolute Gasteiger partial charge is 0.320 e. The SMILES string of the molecule is CCCCCCCOc1ccc(-c2cnc(-c3ccc(CC(N)C(=O)O)cc3)[nH]2)cc1. The van der Waals surface area contributed by atoms with E-state index in [1.54, 1.807) is 0 Å². The van der Waals surface area contributed by atoms with Crippen molar-refractivity contribution < 1.29 is 14.6 Å². The van der Waals surface area contributed by atoms with Crippen LogP contribution in [-0.2, 0) is 11.2 Å². The summed E-state index contributed by atoms with van der Waals surface area (Å²) in [5.41, 5.74) is 9.38. The van der Waals surface area contributed by atoms with Crippen molar-refractivity contribution in [2.45, 2.75) is 51.5 Å². The predicted octanol–water partition coefficient (Wildman–Crippen LogP) is 5.05. The zero-order chi connectivity index (χ0) is 22.1. The summed E-state index contributed by atoms with van der Waals surface area (Å²) in [6.07, 6.45) is 8.25. The van der Waals surface area contributed by atoms with E-state index in [2.05, 4.69) is 16.9 Å². The number of hydrogen-bond donors (Lipinski definition) is 3. The third-order valence-electron chi connectivity index (χ3n) is 5.26. The Labute approximate surface area is 183 Å². The molecule has 2 aromatic carbocycles. The van der Waals surface area contributed by atoms with Gasteiger partial charge >= 0.3 is 5.97 Å². The first-order chi connectivity index (χ1) is 15.1. The number of carbonyl (C=O) groups is 1. The molecule has 1 unspecified atom stereocenters. The van der Waals surface area contributed by atoms with Crippen LogP contribution in [-0.4, -0.2) is 33.7 Å². The minimum absolute atomic E-state index is 0.298. The van der Waals surface area contributed by atoms with Crippen molar-refractivity contribution in [3.8, 4) is 28.4 Å². The van der Waals surface area contributed by atoms with E-state index in [-0.39, 0.29) is 0 Å². The number of hydrogen-bond acceptors (Lipinski definition) is 4. The van der Waals surface area contributed by atoms with E-state index >= 15 is 0 Å². The highest BCUT2D eigenvalue weighted by molar-refractivity contribution is 5.73. The Morgan fingerprint density at radius 1 is 1.03 bits per heavy atom. The van der Waals surface area contributed by atoms with Gasteiger partial charge in [-0.2, -0.15) is 0 Å². The van der Waals surface area contributed by atoms with Gasteiger partial charge in [0.25, 0.3) is 0 Å². The van der Waals surface area contributed by atoms with Crippen LogP contribution in [0.25, 0.3) is 22.6 Å². The molecule has 1 heterocycles. The minimum Gasteiger partial charge on any atom is -0.494 e. The Hall–Kier alpha value is -3.12. The highest BCUT2D eigenvalue weighted by Gasteiger charge is 2.12. The van der Waals surface area contributed by atoms with Gasteiger partial charge < -0.3 is 20.6 Å². The molecule has 0 aliphatic rings. The van der Waals surface area contributed by atoms with Gasteiger partial charge in [0.15, 0.2) is 0 Å². The Morgan fingerprint density at radius 3 is 2.39 bits per heavy atom. The van der Waals surface area contributed by atoms with E-state index in [9.17, 15) is 4.79 Å². The lowest BCUT2D eigenvalue weighted by molar-refractivity contribution is -0.138. The normalized spacial score (nSPS) is 11.9. The third-order valence-corrected chi connectivity index (χ3v) is 5.26. The molecule has 0 saturated carbocycles. The molecule has 0 saturated heterocycles. The lowest BCUT2D eigenvalue weighted by atomic mass is 10.0. The monoisotopic (exact) mass is 421 g/mol. The van der Waals surface area contributed by atoms with Crippen molar-refractivity contribution >= 4 is 5.97 Å². The summed E-state index contributed by atoms with van der Waals surface area (Å²) in [5, 5.41) is 8.94. The van der Waals surface area contributed by atoms with Crippen LogP contribution >= 0.6 is 0 Å². The van der Waals surface area contributed by atoms with Crippen LogP contribution in [0.3, 0.4) is 0 Å². The molecule has 6 heteroatoms. The van der Waals surface area contributed by atoms with Gasteiger partial charge in [0.1, 0.15) is 17.6 Å². The van der Waals surface area contributed by atoms with Crippen molar-refractivity contribution in [1.82, 2.24) is 9.97 Å². The summed E-state index contributed by atoms with van der Waals surface area (Å²) in [4.78, 5) is 18.7. The maximum atomic E-state index is 10.9. The van der Waals surface area contributed by atoms with Crippen molar-refractivity contribution in [3.63, 3.8) is 0 Å². The highest BCUT2D eigenvalue weighted by atomic mass is 16.5. The number of benzene rings is 2. The Kier molecular flexibility index (Phi) is 8.24. The number of H-pyrrole nitrogens is 1. The first-order valence-corrected chi connectivity index (χ1v) is 10.9. The summed E-state index contributed by atoms with van der Waals surface area (Å²) in [6, 6.07) is 14.7. The molecular weight excluding hydrogens is 390 g/mol. The maximum Gasteiger partial charge on any atom is 0.320 e. The molecule has 3 aromatic rings. The topological polar surface area (TPSA) is 101 Å². The molecular formula is C25H31N3O3. The quantitative estimate of drug-likeness (QED) is 0.355. The lowest BCUT2D eigenvalue weighted by Gasteiger charge is -2.07. The molecule has 1 atom stereocenters. The molecule has 6 nitrogen and oxygen atoms in total. The number of carboxylic acid groups (broad SMARTS) is 1. The maximum absolute atomic E-state index is 10.9. The molecule has 164 valence electrons. The van der Waals surface area contributed by atoms with E-state index in [0.29, 0.717) is 6.42 Å². The van der Waals surface area contributed by atoms with E-state index in [1.165, 1.54) is 25.7 Å². The average molecular weight is 422 g/mol. The minimum atomic E-state index is -0.997. The van der Waals surface area contributed by atoms with Crippen LogP contribution in [0.2, 0.25) is 0 Å². The van der Waals surface area contributed by atoms with E-state index in [1.807, 2.05) is 54.7 Å². The van der Waals surface area contributed by atoms with Crippen LogP contribution in [0.1, 0.15) is 44.6 Å². The van der Waals surface area contributed by atoms with E-state index in [0.717, 1.165) is 47.0 Å². The second-order valence-corrected chi connectivity index (χ2v) is 7.78. The molecule has 0 aliphatic heterocycles. The van der Waals surface area contributed by atoms with Gasteiger partial charge in [0.2, 0.25) is 0 Å². The number of carboxylic acids is 1. The Bertz CT molecular complexity index is 949. The fourth-order valence-electron chi connectivity index (χ4n) is 3.38. The molecule has 0 radical (unpaired) electrons. The summed E-state index contributed by atoms with van der Waals surface area (Å²) < 4.78 is 5.83. The van der Waals surface area contributed by atoms with Crippen molar-refractivity contribution in [3.05, 3.63) is 60.3 Å². The van der Waals surface area contributed by atoms with Crippen LogP contribution in [0.4, 0.5) is 0 Å². The number of nitrogens with one attached hydrogen (secondary N) is 1. The number of imidazole rings is 1. The number of aliphatic carboxylic acids is 1. The second kappa shape index (κ2) is 11.3. The molecule has 4 N–H and O–H groups in total. The van der Waals surface area contributed by atoms with Gasteiger partial charge in [-0.3, -0.25) is 4.79 Å². The zero-order valence-electron chi connectivity index (χ0n) is 18.0. The van der Waals surface area contributed by atoms with Gasteiger partial charge in [-0.1, -0.05) is 56.9 Å². The van der Waals surface area contributed by atoms with Gasteiger partial charge in [-0.25, -0.2) is 4.98 Å². The average Bonchev–Trinajstić information content (AvgIpc) is 3.27. The number of unbranched alkanes of at least 4 members (excludes halogenated alkanes) is 4. The Morgan fingerprint density at radius 2 is 1.71 bits per heavy atom. The molecule has 0 amide bonds. The molecule has 1 aromatic heterocycles. The fraction of sp³-hybridized carbons (Fsp3) is 0.360. The van der Waals surface area contributed by atoms with Crippen molar-refractivity contribution in [2.24, 2.45) is 5.73 Å².